The van der Waals surface area contributed by atoms with Gasteiger partial charge in [-0.3, -0.25) is 0 Å². The van der Waals surface area contributed by atoms with Crippen molar-refractivity contribution in [3.63, 3.8) is 0 Å². The first-order valence-corrected chi connectivity index (χ1v) is 8.70. The van der Waals surface area contributed by atoms with Crippen LogP contribution in [-0.2, 0) is 0 Å². The van der Waals surface area contributed by atoms with Crippen molar-refractivity contribution in [2.45, 2.75) is 13.8 Å². The number of nitrogens with zero attached hydrogens (tertiary/aromatic N) is 2. The molecule has 1 aromatic carbocycles. The molecule has 2 heterocycles. The summed E-state index contributed by atoms with van der Waals surface area (Å²) in [6, 6.07) is 11.2. The van der Waals surface area contributed by atoms with Gasteiger partial charge < -0.3 is 9.64 Å². The van der Waals surface area contributed by atoms with Crippen LogP contribution in [0.2, 0.25) is 5.02 Å². The summed E-state index contributed by atoms with van der Waals surface area (Å²) < 4.78 is 19.4. The minimum Gasteiger partial charge on any atom is -0.495 e. The summed E-state index contributed by atoms with van der Waals surface area (Å²) in [4.78, 5) is 6.07. The van der Waals surface area contributed by atoms with Gasteiger partial charge in [-0.25, -0.2) is 9.37 Å². The molecule has 0 saturated carbocycles. The van der Waals surface area contributed by atoms with Gasteiger partial charge in [0.25, 0.3) is 0 Å². The summed E-state index contributed by atoms with van der Waals surface area (Å²) >= 11 is 6.40. The van der Waals surface area contributed by atoms with E-state index in [4.69, 9.17) is 16.3 Å². The second-order valence-electron chi connectivity index (χ2n) is 5.33. The average molecular weight is 373 g/mol. The minimum absolute atomic E-state index is 0.262. The molecule has 1 aliphatic heterocycles. The fraction of sp³-hybridized carbons (Fsp3) is 0.190. The van der Waals surface area contributed by atoms with Crippen LogP contribution in [0.1, 0.15) is 25.1 Å². The zero-order valence-corrected chi connectivity index (χ0v) is 16.1. The molecule has 0 spiro atoms. The highest BCUT2D eigenvalue weighted by atomic mass is 35.5. The number of hydrogen-bond donors (Lipinski definition) is 0. The Morgan fingerprint density at radius 2 is 1.85 bits per heavy atom. The Kier molecular flexibility index (Phi) is 6.58. The molecule has 0 amide bonds. The average Bonchev–Trinajstić information content (AvgIpc) is 2.68. The fourth-order valence-electron chi connectivity index (χ4n) is 2.58. The number of benzene rings is 1. The van der Waals surface area contributed by atoms with Crippen LogP contribution in [0.3, 0.4) is 0 Å². The van der Waals surface area contributed by atoms with Crippen LogP contribution in [0.15, 0.2) is 66.8 Å². The number of aromatic nitrogens is 1. The Hall–Kier alpha value is -2.59. The summed E-state index contributed by atoms with van der Waals surface area (Å²) in [5.74, 6) is 0.175. The lowest BCUT2D eigenvalue weighted by Gasteiger charge is -2.30. The summed E-state index contributed by atoms with van der Waals surface area (Å²) in [7, 11) is 3.30. The van der Waals surface area contributed by atoms with Crippen molar-refractivity contribution >= 4 is 22.9 Å². The zero-order valence-electron chi connectivity index (χ0n) is 15.4. The smallest absolute Gasteiger partial charge is 0.146 e. The number of rotatable bonds is 3. The maximum atomic E-state index is 14.3. The van der Waals surface area contributed by atoms with Crippen LogP contribution in [0.5, 0.6) is 5.75 Å². The molecule has 26 heavy (non-hydrogen) atoms. The maximum Gasteiger partial charge on any atom is 0.146 e. The molecule has 2 aromatic rings. The molecule has 0 N–H and O–H groups in total. The topological polar surface area (TPSA) is 25.4 Å². The molecule has 1 aromatic heterocycles. The SMILES string of the molecule is C=C1C(F)=CC(c2ccccc2)=C(c2ncc(OC)cc2Cl)N1C.CC. The van der Waals surface area contributed by atoms with Crippen molar-refractivity contribution in [1.29, 1.82) is 0 Å². The third-order valence-corrected chi connectivity index (χ3v) is 4.19. The van der Waals surface area contributed by atoms with Crippen molar-refractivity contribution in [1.82, 2.24) is 9.88 Å². The second kappa shape index (κ2) is 8.68. The molecule has 5 heteroatoms. The predicted octanol–water partition coefficient (Wildman–Crippen LogP) is 5.95. The molecule has 0 radical (unpaired) electrons. The highest BCUT2D eigenvalue weighted by Gasteiger charge is 2.26. The quantitative estimate of drug-likeness (QED) is 0.665. The Bertz CT molecular complexity index is 860. The van der Waals surface area contributed by atoms with E-state index < -0.39 is 0 Å². The normalized spacial score (nSPS) is 13.8. The van der Waals surface area contributed by atoms with Crippen molar-refractivity contribution in [2.24, 2.45) is 0 Å². The Morgan fingerprint density at radius 1 is 1.19 bits per heavy atom. The number of likely N-dealkylation sites (N-methyl/N-ethyl adjacent to an activating group) is 1. The van der Waals surface area contributed by atoms with Gasteiger partial charge in [0.1, 0.15) is 17.3 Å². The lowest BCUT2D eigenvalue weighted by molar-refractivity contribution is 0.412. The summed E-state index contributed by atoms with van der Waals surface area (Å²) in [5, 5.41) is 0.424. The summed E-state index contributed by atoms with van der Waals surface area (Å²) in [6.45, 7) is 7.80. The molecule has 0 bridgehead atoms. The number of ether oxygens (including phenoxy) is 1. The van der Waals surface area contributed by atoms with Gasteiger partial charge in [-0.2, -0.15) is 0 Å². The van der Waals surface area contributed by atoms with E-state index in [0.717, 1.165) is 5.56 Å². The van der Waals surface area contributed by atoms with E-state index in [1.54, 1.807) is 31.3 Å². The molecular weight excluding hydrogens is 351 g/mol. The van der Waals surface area contributed by atoms with Gasteiger partial charge in [-0.15, -0.1) is 0 Å². The Morgan fingerprint density at radius 3 is 2.42 bits per heavy atom. The first-order valence-electron chi connectivity index (χ1n) is 8.32. The highest BCUT2D eigenvalue weighted by Crippen LogP contribution is 2.40. The van der Waals surface area contributed by atoms with Gasteiger partial charge in [0.15, 0.2) is 0 Å². The van der Waals surface area contributed by atoms with Crippen LogP contribution in [0, 0.1) is 0 Å². The number of halogens is 2. The van der Waals surface area contributed by atoms with Crippen LogP contribution in [-0.4, -0.2) is 24.0 Å². The second-order valence-corrected chi connectivity index (χ2v) is 5.74. The van der Waals surface area contributed by atoms with E-state index in [9.17, 15) is 4.39 Å². The first kappa shape index (κ1) is 19.7. The number of pyridine rings is 1. The largest absolute Gasteiger partial charge is 0.495 e. The minimum atomic E-state index is -0.385. The highest BCUT2D eigenvalue weighted by molar-refractivity contribution is 6.32. The van der Waals surface area contributed by atoms with Crippen LogP contribution < -0.4 is 4.74 Å². The lowest BCUT2D eigenvalue weighted by atomic mass is 9.97. The molecule has 3 nitrogen and oxygen atoms in total. The summed E-state index contributed by atoms with van der Waals surface area (Å²) in [5.41, 5.74) is 3.07. The van der Waals surface area contributed by atoms with E-state index in [2.05, 4.69) is 11.6 Å². The first-order chi connectivity index (χ1) is 12.5. The molecular formula is C21H22ClFN2O. The maximum absolute atomic E-state index is 14.3. The monoisotopic (exact) mass is 372 g/mol. The van der Waals surface area contributed by atoms with Crippen LogP contribution >= 0.6 is 11.6 Å². The Balaban J connectivity index is 0.00000117. The van der Waals surface area contributed by atoms with E-state index in [1.165, 1.54) is 6.08 Å². The predicted molar refractivity (Wildman–Crippen MR) is 106 cm³/mol. The molecule has 0 unspecified atom stereocenters. The van der Waals surface area contributed by atoms with E-state index in [1.807, 2.05) is 44.2 Å². The van der Waals surface area contributed by atoms with Gasteiger partial charge >= 0.3 is 0 Å². The third-order valence-electron chi connectivity index (χ3n) is 3.90. The number of allylic oxidation sites excluding steroid dienone is 3. The number of hydrogen-bond acceptors (Lipinski definition) is 3. The third kappa shape index (κ3) is 3.81. The molecule has 136 valence electrons. The van der Waals surface area contributed by atoms with E-state index in [0.29, 0.717) is 27.7 Å². The lowest BCUT2D eigenvalue weighted by Crippen LogP contribution is -2.21. The van der Waals surface area contributed by atoms with Crippen LogP contribution in [0.4, 0.5) is 4.39 Å². The van der Waals surface area contributed by atoms with E-state index >= 15 is 0 Å². The van der Waals surface area contributed by atoms with Gasteiger partial charge in [0.05, 0.1) is 29.7 Å². The molecule has 0 fully saturated rings. The molecule has 0 atom stereocenters. The van der Waals surface area contributed by atoms with Crippen molar-refractivity contribution < 1.29 is 9.13 Å². The molecule has 0 saturated heterocycles. The Labute approximate surface area is 159 Å². The summed E-state index contributed by atoms with van der Waals surface area (Å²) in [6.07, 6.45) is 3.05. The zero-order chi connectivity index (χ0) is 19.3. The van der Waals surface area contributed by atoms with E-state index in [-0.39, 0.29) is 11.5 Å². The standard InChI is InChI=1S/C19H16ClFN2O.C2H6/c1-12-17(21)10-15(13-7-5-4-6-8-13)19(23(12)2)18-16(20)9-14(24-3)11-22-18;1-2/h4-11H,1H2,2-3H3;1-2H3. The van der Waals surface area contributed by atoms with Crippen LogP contribution in [0.25, 0.3) is 11.3 Å². The van der Waals surface area contributed by atoms with Gasteiger partial charge in [0.2, 0.25) is 0 Å². The van der Waals surface area contributed by atoms with Crippen molar-refractivity contribution in [3.8, 4) is 5.75 Å². The van der Waals surface area contributed by atoms with Crippen molar-refractivity contribution in [2.75, 3.05) is 14.2 Å². The van der Waals surface area contributed by atoms with Gasteiger partial charge in [-0.05, 0) is 11.6 Å². The fourth-order valence-corrected chi connectivity index (χ4v) is 2.83. The van der Waals surface area contributed by atoms with Crippen molar-refractivity contribution in [3.05, 3.63) is 83.1 Å². The van der Waals surface area contributed by atoms with Gasteiger partial charge in [0, 0.05) is 18.7 Å². The number of methoxy groups -OCH3 is 1. The molecule has 3 rings (SSSR count). The van der Waals surface area contributed by atoms with Gasteiger partial charge in [-0.1, -0.05) is 62.4 Å². The molecule has 1 aliphatic rings. The molecule has 0 aliphatic carbocycles.